The van der Waals surface area contributed by atoms with Gasteiger partial charge in [0.1, 0.15) is 11.5 Å². The van der Waals surface area contributed by atoms with E-state index in [0.29, 0.717) is 39.0 Å². The van der Waals surface area contributed by atoms with Gasteiger partial charge >= 0.3 is 0 Å². The van der Waals surface area contributed by atoms with Crippen LogP contribution in [-0.4, -0.2) is 23.0 Å². The molecule has 1 aromatic carbocycles. The van der Waals surface area contributed by atoms with Crippen molar-refractivity contribution in [2.24, 2.45) is 40.6 Å². The Kier molecular flexibility index (Phi) is 3.66. The third-order valence-corrected chi connectivity index (χ3v) is 7.31. The highest BCUT2D eigenvalue weighted by molar-refractivity contribution is 6.36. The fourth-order valence-corrected chi connectivity index (χ4v) is 5.93. The maximum Gasteiger partial charge on any atom is 0.254 e. The zero-order valence-corrected chi connectivity index (χ0v) is 16.7. The van der Waals surface area contributed by atoms with E-state index >= 15 is 0 Å². The molecular formula is C22H16Cl2N2O3. The molecule has 0 radical (unpaired) electrons. The van der Waals surface area contributed by atoms with Crippen LogP contribution in [0.5, 0.6) is 0 Å². The maximum absolute atomic E-state index is 12.9. The van der Waals surface area contributed by atoms with Crippen LogP contribution in [0.3, 0.4) is 0 Å². The van der Waals surface area contributed by atoms with Gasteiger partial charge < -0.3 is 4.42 Å². The van der Waals surface area contributed by atoms with Gasteiger partial charge in [0.15, 0.2) is 0 Å². The molecule has 1 aliphatic heterocycles. The van der Waals surface area contributed by atoms with Crippen LogP contribution in [0.25, 0.3) is 11.3 Å². The Morgan fingerprint density at radius 2 is 1.69 bits per heavy atom. The first-order valence-corrected chi connectivity index (χ1v) is 10.4. The van der Waals surface area contributed by atoms with Crippen molar-refractivity contribution in [1.29, 1.82) is 0 Å². The molecule has 2 heterocycles. The summed E-state index contributed by atoms with van der Waals surface area (Å²) in [6, 6.07) is 8.64. The van der Waals surface area contributed by atoms with Crippen molar-refractivity contribution in [3.05, 3.63) is 58.3 Å². The summed E-state index contributed by atoms with van der Waals surface area (Å²) in [6.07, 6.45) is 6.85. The van der Waals surface area contributed by atoms with E-state index in [1.165, 1.54) is 6.21 Å². The Hall–Kier alpha value is -2.37. The van der Waals surface area contributed by atoms with Crippen LogP contribution >= 0.6 is 23.2 Å². The van der Waals surface area contributed by atoms with Gasteiger partial charge in [-0.1, -0.05) is 35.4 Å². The lowest BCUT2D eigenvalue weighted by Crippen LogP contribution is -2.40. The van der Waals surface area contributed by atoms with Crippen molar-refractivity contribution in [3.8, 4) is 11.3 Å². The van der Waals surface area contributed by atoms with E-state index in [1.807, 2.05) is 0 Å². The van der Waals surface area contributed by atoms with E-state index in [0.717, 1.165) is 11.4 Å². The Labute approximate surface area is 177 Å². The number of hydrazone groups is 1. The monoisotopic (exact) mass is 426 g/mol. The number of allylic oxidation sites excluding steroid dienone is 2. The summed E-state index contributed by atoms with van der Waals surface area (Å²) in [5, 5.41) is 6.26. The molecule has 0 N–H and O–H groups in total. The van der Waals surface area contributed by atoms with E-state index in [-0.39, 0.29) is 35.5 Å². The number of amides is 2. The molecule has 2 amide bonds. The highest BCUT2D eigenvalue weighted by Crippen LogP contribution is 2.65. The van der Waals surface area contributed by atoms with Gasteiger partial charge in [0.2, 0.25) is 0 Å². The fraction of sp³-hybridized carbons (Fsp3) is 0.318. The van der Waals surface area contributed by atoms with Gasteiger partial charge in [-0.2, -0.15) is 10.1 Å². The second-order valence-electron chi connectivity index (χ2n) is 8.21. The summed E-state index contributed by atoms with van der Waals surface area (Å²) < 4.78 is 5.78. The molecular weight excluding hydrogens is 411 g/mol. The second-order valence-corrected chi connectivity index (χ2v) is 9.06. The lowest BCUT2D eigenvalue weighted by molar-refractivity contribution is -0.140. The molecule has 1 aromatic heterocycles. The smallest absolute Gasteiger partial charge is 0.254 e. The molecule has 6 unspecified atom stereocenters. The standard InChI is InChI=1S/C22H16Cl2N2O3/c23-10-1-3-14(17(24)7-10)18-6-2-11(29-18)9-25-26-21(27)19-12-4-5-13(16-8-15(12)16)20(19)22(26)28/h1-7,9,12-13,15-16,19-20H,8H2. The Balaban J connectivity index is 1.25. The summed E-state index contributed by atoms with van der Waals surface area (Å²) >= 11 is 12.2. The number of carbonyl (C=O) groups excluding carboxylic acids is 2. The molecule has 4 aliphatic carbocycles. The topological polar surface area (TPSA) is 62.9 Å². The molecule has 5 aliphatic rings. The average molecular weight is 427 g/mol. The second kappa shape index (κ2) is 6.07. The molecule has 7 rings (SSSR count). The molecule has 7 heteroatoms. The molecule has 0 spiro atoms. The average Bonchev–Trinajstić information content (AvgIpc) is 3.34. The van der Waals surface area contributed by atoms with Gasteiger partial charge in [-0.25, -0.2) is 0 Å². The summed E-state index contributed by atoms with van der Waals surface area (Å²) in [6.45, 7) is 0. The number of rotatable bonds is 3. The van der Waals surface area contributed by atoms with Crippen molar-refractivity contribution in [1.82, 2.24) is 5.01 Å². The normalized spacial score (nSPS) is 34.2. The van der Waals surface area contributed by atoms with Gasteiger partial charge in [-0.15, -0.1) is 0 Å². The summed E-state index contributed by atoms with van der Waals surface area (Å²) in [5.74, 6) is 1.64. The Morgan fingerprint density at radius 1 is 1.00 bits per heavy atom. The Bertz CT molecular complexity index is 1090. The van der Waals surface area contributed by atoms with Gasteiger partial charge in [-0.3, -0.25) is 9.59 Å². The van der Waals surface area contributed by atoms with E-state index in [2.05, 4.69) is 17.3 Å². The van der Waals surface area contributed by atoms with Crippen LogP contribution in [-0.2, 0) is 9.59 Å². The van der Waals surface area contributed by atoms with Crippen molar-refractivity contribution >= 4 is 41.2 Å². The van der Waals surface area contributed by atoms with Crippen molar-refractivity contribution < 1.29 is 14.0 Å². The number of carbonyl (C=O) groups is 2. The third-order valence-electron chi connectivity index (χ3n) is 6.76. The van der Waals surface area contributed by atoms with Crippen LogP contribution in [0, 0.1) is 35.5 Å². The number of benzene rings is 1. The van der Waals surface area contributed by atoms with Crippen LogP contribution in [0.4, 0.5) is 0 Å². The molecule has 6 atom stereocenters. The first kappa shape index (κ1) is 17.5. The van der Waals surface area contributed by atoms with Crippen molar-refractivity contribution in [2.45, 2.75) is 6.42 Å². The molecule has 2 saturated carbocycles. The van der Waals surface area contributed by atoms with Gasteiger partial charge in [0.05, 0.1) is 23.1 Å². The zero-order chi connectivity index (χ0) is 19.9. The highest BCUT2D eigenvalue weighted by atomic mass is 35.5. The number of nitrogens with zero attached hydrogens (tertiary/aromatic N) is 2. The van der Waals surface area contributed by atoms with E-state index in [4.69, 9.17) is 27.6 Å². The first-order chi connectivity index (χ1) is 14.0. The first-order valence-electron chi connectivity index (χ1n) is 9.68. The molecule has 5 nitrogen and oxygen atoms in total. The number of furan rings is 1. The summed E-state index contributed by atoms with van der Waals surface area (Å²) in [4.78, 5) is 25.9. The number of hydrogen-bond donors (Lipinski definition) is 0. The molecule has 146 valence electrons. The predicted molar refractivity (Wildman–Crippen MR) is 108 cm³/mol. The minimum Gasteiger partial charge on any atom is -0.455 e. The zero-order valence-electron chi connectivity index (χ0n) is 15.2. The minimum absolute atomic E-state index is 0.187. The predicted octanol–water partition coefficient (Wildman–Crippen LogP) is 4.64. The molecule has 1 saturated heterocycles. The van der Waals surface area contributed by atoms with Gasteiger partial charge in [0.25, 0.3) is 11.8 Å². The van der Waals surface area contributed by atoms with E-state index in [9.17, 15) is 9.59 Å². The Morgan fingerprint density at radius 3 is 2.34 bits per heavy atom. The molecule has 2 aromatic rings. The van der Waals surface area contributed by atoms with Crippen LogP contribution < -0.4 is 0 Å². The summed E-state index contributed by atoms with van der Waals surface area (Å²) in [5.41, 5.74) is 0.705. The minimum atomic E-state index is -0.251. The van der Waals surface area contributed by atoms with Crippen LogP contribution in [0.15, 0.2) is 52.0 Å². The third kappa shape index (κ3) is 2.50. The summed E-state index contributed by atoms with van der Waals surface area (Å²) in [7, 11) is 0. The van der Waals surface area contributed by atoms with Crippen molar-refractivity contribution in [2.75, 3.05) is 0 Å². The number of imide groups is 1. The molecule has 2 bridgehead atoms. The van der Waals surface area contributed by atoms with Crippen LogP contribution in [0.2, 0.25) is 10.0 Å². The lowest BCUT2D eigenvalue weighted by atomic mass is 9.63. The molecule has 3 fully saturated rings. The van der Waals surface area contributed by atoms with Crippen LogP contribution in [0.1, 0.15) is 12.2 Å². The quantitative estimate of drug-likeness (QED) is 0.407. The van der Waals surface area contributed by atoms with E-state index in [1.54, 1.807) is 30.3 Å². The molecule has 29 heavy (non-hydrogen) atoms. The van der Waals surface area contributed by atoms with Gasteiger partial charge in [-0.05, 0) is 60.4 Å². The number of hydrogen-bond acceptors (Lipinski definition) is 4. The van der Waals surface area contributed by atoms with Crippen molar-refractivity contribution in [3.63, 3.8) is 0 Å². The number of halogens is 2. The fourth-order valence-electron chi connectivity index (χ4n) is 5.43. The maximum atomic E-state index is 12.9. The SMILES string of the molecule is O=C1C2C3C=CC(C4CC34)C2C(=O)N1N=Cc1ccc(-c2ccc(Cl)cc2Cl)o1. The van der Waals surface area contributed by atoms with Gasteiger partial charge in [0, 0.05) is 10.6 Å². The largest absolute Gasteiger partial charge is 0.455 e. The van der Waals surface area contributed by atoms with E-state index < -0.39 is 0 Å². The highest BCUT2D eigenvalue weighted by Gasteiger charge is 2.67. The lowest BCUT2D eigenvalue weighted by Gasteiger charge is -2.37.